The van der Waals surface area contributed by atoms with E-state index in [0.717, 1.165) is 28.2 Å². The number of hydrogen-bond donors (Lipinski definition) is 0. The van der Waals surface area contributed by atoms with Gasteiger partial charge in [-0.1, -0.05) is 84.9 Å². The number of benzene rings is 4. The molecule has 6 aromatic rings. The number of carbonyl (C=O) groups is 1. The smallest absolute Gasteiger partial charge is 0.259 e. The Balaban J connectivity index is 1.32. The molecule has 2 heterocycles. The number of Topliss-reactive ketones (excluding diaryl/α,β-unsaturated/α-hetero) is 1. The SMILES string of the molecule is [C-]#[N+]CCOP(OC[C@@H](COC(c1ccccc1)(c1ccc(OC)cc1)c1ccc(OC)cc1)OCCn1cnc2c(CC(=O)c3ccccc3)ncnc21)N(C(C)C)C(C)C. The van der Waals surface area contributed by atoms with Crippen molar-refractivity contribution in [2.45, 2.75) is 64.4 Å². The summed E-state index contributed by atoms with van der Waals surface area (Å²) in [4.78, 5) is 30.2. The van der Waals surface area contributed by atoms with Gasteiger partial charge in [-0.2, -0.15) is 0 Å². The Morgan fingerprint density at radius 2 is 1.35 bits per heavy atom. The standard InChI is InChI=1S/C48H55N6O7P/c1-35(2)54(36(3)4)62(60-28-26-49-5)61-32-43(58-29-27-53-34-52-46-44(50-33-51-47(46)53)30-45(55)37-14-10-8-11-15-37)31-59-48(38-16-12-9-13-17-38,39-18-22-41(56-6)23-19-39)40-20-24-42(57-7)25-21-40/h8-25,33-36,43H,26-32H2,1-4,6-7H3/t43-,62?/m1/s1. The molecule has 0 saturated carbocycles. The van der Waals surface area contributed by atoms with Crippen LogP contribution in [0.4, 0.5) is 0 Å². The summed E-state index contributed by atoms with van der Waals surface area (Å²) in [6, 6.07) is 35.3. The highest BCUT2D eigenvalue weighted by Gasteiger charge is 2.39. The average molecular weight is 859 g/mol. The van der Waals surface area contributed by atoms with Crippen LogP contribution in [-0.4, -0.2) is 95.4 Å². The minimum absolute atomic E-state index is 0.0475. The molecule has 13 nitrogen and oxygen atoms in total. The molecule has 0 N–H and O–H groups in total. The van der Waals surface area contributed by atoms with E-state index in [1.165, 1.54) is 6.33 Å². The average Bonchev–Trinajstić information content (AvgIpc) is 3.72. The number of nitrogens with zero attached hydrogens (tertiary/aromatic N) is 6. The molecule has 324 valence electrons. The summed E-state index contributed by atoms with van der Waals surface area (Å²) in [5, 5.41) is 0. The van der Waals surface area contributed by atoms with E-state index in [0.29, 0.717) is 29.0 Å². The number of aromatic nitrogens is 4. The van der Waals surface area contributed by atoms with Crippen LogP contribution in [0.2, 0.25) is 0 Å². The lowest BCUT2D eigenvalue weighted by Gasteiger charge is -2.38. The van der Waals surface area contributed by atoms with Crippen LogP contribution in [0.5, 0.6) is 11.5 Å². The van der Waals surface area contributed by atoms with Crippen LogP contribution < -0.4 is 9.47 Å². The number of methoxy groups -OCH3 is 2. The van der Waals surface area contributed by atoms with Gasteiger partial charge in [-0.15, -0.1) is 0 Å². The first-order chi connectivity index (χ1) is 30.2. The van der Waals surface area contributed by atoms with E-state index in [1.807, 2.05) is 89.5 Å². The molecule has 2 atom stereocenters. The second-order valence-corrected chi connectivity index (χ2v) is 16.5. The Hall–Kier alpha value is -5.58. The van der Waals surface area contributed by atoms with Gasteiger partial charge in [0.05, 0.1) is 52.5 Å². The first kappa shape index (κ1) is 45.9. The molecule has 0 aliphatic carbocycles. The minimum atomic E-state index is -1.56. The van der Waals surface area contributed by atoms with Gasteiger partial charge in [-0.25, -0.2) is 26.2 Å². The fraction of sp³-hybridized carbons (Fsp3) is 0.354. The normalized spacial score (nSPS) is 12.8. The molecule has 4 aromatic carbocycles. The molecule has 0 radical (unpaired) electrons. The first-order valence-corrected chi connectivity index (χ1v) is 21.8. The maximum absolute atomic E-state index is 13.1. The molecule has 1 unspecified atom stereocenters. The van der Waals surface area contributed by atoms with Crippen molar-refractivity contribution >= 4 is 25.5 Å². The second kappa shape index (κ2) is 22.5. The molecule has 0 saturated heterocycles. The van der Waals surface area contributed by atoms with Gasteiger partial charge in [0, 0.05) is 24.2 Å². The van der Waals surface area contributed by atoms with E-state index in [2.05, 4.69) is 64.3 Å². The van der Waals surface area contributed by atoms with Crippen LogP contribution in [0, 0.1) is 6.57 Å². The second-order valence-electron chi connectivity index (χ2n) is 15.0. The predicted molar refractivity (Wildman–Crippen MR) is 240 cm³/mol. The van der Waals surface area contributed by atoms with Crippen LogP contribution in [0.25, 0.3) is 16.0 Å². The highest BCUT2D eigenvalue weighted by Crippen LogP contribution is 2.46. The topological polar surface area (TPSA) is 124 Å². The van der Waals surface area contributed by atoms with Gasteiger partial charge in [-0.3, -0.25) is 4.79 Å². The largest absolute Gasteiger partial charge is 0.497 e. The van der Waals surface area contributed by atoms with Gasteiger partial charge in [0.15, 0.2) is 11.4 Å². The van der Waals surface area contributed by atoms with Gasteiger partial charge in [-0.05, 0) is 68.7 Å². The molecule has 0 spiro atoms. The summed E-state index contributed by atoms with van der Waals surface area (Å²) in [6.45, 7) is 17.1. The van der Waals surface area contributed by atoms with E-state index >= 15 is 0 Å². The van der Waals surface area contributed by atoms with Gasteiger partial charge in [0.1, 0.15) is 41.7 Å². The summed E-state index contributed by atoms with van der Waals surface area (Å²) in [5.74, 6) is 1.39. The highest BCUT2D eigenvalue weighted by atomic mass is 31.2. The quantitative estimate of drug-likeness (QED) is 0.0191. The van der Waals surface area contributed by atoms with Crippen molar-refractivity contribution in [2.75, 3.05) is 47.2 Å². The number of ketones is 1. The van der Waals surface area contributed by atoms with Crippen molar-refractivity contribution in [1.82, 2.24) is 24.2 Å². The molecular weight excluding hydrogens is 804 g/mol. The monoisotopic (exact) mass is 858 g/mol. The lowest BCUT2D eigenvalue weighted by molar-refractivity contribution is -0.0799. The van der Waals surface area contributed by atoms with Crippen LogP contribution in [-0.2, 0) is 37.1 Å². The van der Waals surface area contributed by atoms with Crippen LogP contribution >= 0.6 is 8.53 Å². The third-order valence-electron chi connectivity index (χ3n) is 10.3. The van der Waals surface area contributed by atoms with Crippen molar-refractivity contribution in [3.8, 4) is 11.5 Å². The fourth-order valence-electron chi connectivity index (χ4n) is 7.31. The number of ether oxygens (including phenoxy) is 4. The first-order valence-electron chi connectivity index (χ1n) is 20.7. The summed E-state index contributed by atoms with van der Waals surface area (Å²) in [6.07, 6.45) is 2.67. The third kappa shape index (κ3) is 11.3. The molecule has 0 aliphatic heterocycles. The van der Waals surface area contributed by atoms with Gasteiger partial charge in [0.2, 0.25) is 6.54 Å². The van der Waals surface area contributed by atoms with Crippen LogP contribution in [0.1, 0.15) is 60.4 Å². The molecule has 0 amide bonds. The van der Waals surface area contributed by atoms with Crippen molar-refractivity contribution in [1.29, 1.82) is 0 Å². The van der Waals surface area contributed by atoms with E-state index in [9.17, 15) is 4.79 Å². The van der Waals surface area contributed by atoms with E-state index < -0.39 is 20.2 Å². The Morgan fingerprint density at radius 3 is 1.94 bits per heavy atom. The molecule has 0 bridgehead atoms. The zero-order valence-electron chi connectivity index (χ0n) is 36.2. The number of hydrogen-bond acceptors (Lipinski definition) is 11. The highest BCUT2D eigenvalue weighted by molar-refractivity contribution is 7.44. The molecule has 62 heavy (non-hydrogen) atoms. The summed E-state index contributed by atoms with van der Waals surface area (Å²) < 4.78 is 42.2. The van der Waals surface area contributed by atoms with Gasteiger partial charge >= 0.3 is 0 Å². The molecule has 2 aromatic heterocycles. The van der Waals surface area contributed by atoms with E-state index in [1.54, 1.807) is 32.7 Å². The van der Waals surface area contributed by atoms with Crippen molar-refractivity contribution in [3.05, 3.63) is 161 Å². The van der Waals surface area contributed by atoms with Gasteiger partial charge < -0.3 is 37.4 Å². The van der Waals surface area contributed by atoms with Gasteiger partial charge in [0.25, 0.3) is 8.53 Å². The van der Waals surface area contributed by atoms with Crippen molar-refractivity contribution in [2.24, 2.45) is 0 Å². The summed E-state index contributed by atoms with van der Waals surface area (Å²) in [7, 11) is 1.73. The van der Waals surface area contributed by atoms with E-state index in [4.69, 9.17) is 34.6 Å². The van der Waals surface area contributed by atoms with Crippen LogP contribution in [0.3, 0.4) is 0 Å². The lowest BCUT2D eigenvalue weighted by Crippen LogP contribution is -2.38. The number of imidazole rings is 1. The molecule has 0 fully saturated rings. The predicted octanol–water partition coefficient (Wildman–Crippen LogP) is 8.96. The molecular formula is C48H55N6O7P. The molecule has 0 aliphatic rings. The zero-order chi connectivity index (χ0) is 43.9. The molecule has 14 heteroatoms. The maximum atomic E-state index is 13.1. The lowest BCUT2D eigenvalue weighted by atomic mass is 9.80. The Labute approximate surface area is 365 Å². The summed E-state index contributed by atoms with van der Waals surface area (Å²) >= 11 is 0. The number of rotatable bonds is 24. The number of fused-ring (bicyclic) bond motifs is 1. The fourth-order valence-corrected chi connectivity index (χ4v) is 8.94. The third-order valence-corrected chi connectivity index (χ3v) is 12.3. The Bertz CT molecular complexity index is 2280. The Kier molecular flexibility index (Phi) is 16.7. The Morgan fingerprint density at radius 1 is 0.758 bits per heavy atom. The van der Waals surface area contributed by atoms with E-state index in [-0.39, 0.29) is 57.3 Å². The number of carbonyl (C=O) groups excluding carboxylic acids is 1. The zero-order valence-corrected chi connectivity index (χ0v) is 37.1. The van der Waals surface area contributed by atoms with Crippen LogP contribution in [0.15, 0.2) is 122 Å². The minimum Gasteiger partial charge on any atom is -0.497 e. The van der Waals surface area contributed by atoms with Crippen molar-refractivity contribution in [3.63, 3.8) is 0 Å². The summed E-state index contributed by atoms with van der Waals surface area (Å²) in [5.41, 5.74) is 3.93. The molecule has 6 rings (SSSR count). The van der Waals surface area contributed by atoms with Crippen molar-refractivity contribution < 1.29 is 32.8 Å². The maximum Gasteiger partial charge on any atom is 0.259 e.